The molecule has 0 bridgehead atoms. The number of ether oxygens (including phenoxy) is 1. The summed E-state index contributed by atoms with van der Waals surface area (Å²) >= 11 is 0. The van der Waals surface area contributed by atoms with E-state index in [0.717, 1.165) is 5.56 Å². The molecule has 2 N–H and O–H groups in total. The highest BCUT2D eigenvalue weighted by Crippen LogP contribution is 2.06. The first-order valence-electron chi connectivity index (χ1n) is 4.66. The molecule has 1 rings (SSSR count). The largest absolute Gasteiger partial charge is 0.461 e. The number of esters is 1. The zero-order valence-electron chi connectivity index (χ0n) is 8.91. The van der Waals surface area contributed by atoms with Crippen LogP contribution in [0.1, 0.15) is 26.3 Å². The van der Waals surface area contributed by atoms with Gasteiger partial charge in [0.1, 0.15) is 6.61 Å². The molecule has 0 saturated carbocycles. The topological polar surface area (TPSA) is 52.3 Å². The highest BCUT2D eigenvalue weighted by molar-refractivity contribution is 5.65. The third-order valence-electron chi connectivity index (χ3n) is 1.42. The van der Waals surface area contributed by atoms with Gasteiger partial charge in [-0.3, -0.25) is 4.79 Å². The molecule has 0 radical (unpaired) electrons. The van der Waals surface area contributed by atoms with Crippen LogP contribution < -0.4 is 5.73 Å². The number of rotatable bonds is 2. The Morgan fingerprint density at radius 1 is 1.29 bits per heavy atom. The molecule has 0 amide bonds. The monoisotopic (exact) mass is 195 g/mol. The molecule has 3 nitrogen and oxygen atoms in total. The molecule has 0 aliphatic rings. The van der Waals surface area contributed by atoms with E-state index in [9.17, 15) is 4.79 Å². The maximum atomic E-state index is 10.4. The Kier molecular flexibility index (Phi) is 6.20. The first-order chi connectivity index (χ1) is 6.68. The van der Waals surface area contributed by atoms with Gasteiger partial charge in [0.25, 0.3) is 0 Å². The molecule has 0 fully saturated rings. The summed E-state index contributed by atoms with van der Waals surface area (Å²) < 4.78 is 4.79. The van der Waals surface area contributed by atoms with Crippen LogP contribution in [0, 0.1) is 0 Å². The lowest BCUT2D eigenvalue weighted by Crippen LogP contribution is -1.98. The fourth-order valence-electron chi connectivity index (χ4n) is 0.799. The Hall–Kier alpha value is -1.51. The van der Waals surface area contributed by atoms with Crippen molar-refractivity contribution in [2.45, 2.75) is 27.4 Å². The summed E-state index contributed by atoms with van der Waals surface area (Å²) in [6, 6.07) is 7.22. The van der Waals surface area contributed by atoms with Gasteiger partial charge >= 0.3 is 5.97 Å². The van der Waals surface area contributed by atoms with Gasteiger partial charge in [-0.15, -0.1) is 0 Å². The Labute approximate surface area is 84.9 Å². The van der Waals surface area contributed by atoms with Crippen LogP contribution in [0.25, 0.3) is 0 Å². The van der Waals surface area contributed by atoms with Gasteiger partial charge in [0.15, 0.2) is 0 Å². The fraction of sp³-hybridized carbons (Fsp3) is 0.364. The van der Waals surface area contributed by atoms with Crippen LogP contribution in [-0.2, 0) is 16.1 Å². The van der Waals surface area contributed by atoms with Crippen molar-refractivity contribution < 1.29 is 9.53 Å². The maximum Gasteiger partial charge on any atom is 0.302 e. The van der Waals surface area contributed by atoms with Gasteiger partial charge in [-0.1, -0.05) is 26.0 Å². The number of benzene rings is 1. The van der Waals surface area contributed by atoms with Crippen LogP contribution in [0.15, 0.2) is 24.3 Å². The van der Waals surface area contributed by atoms with E-state index in [1.807, 2.05) is 26.0 Å². The van der Waals surface area contributed by atoms with Crippen molar-refractivity contribution in [3.63, 3.8) is 0 Å². The van der Waals surface area contributed by atoms with Gasteiger partial charge in [0, 0.05) is 12.6 Å². The standard InChI is InChI=1S/C9H11NO2.C2H6/c1-7(11)12-6-8-2-4-9(10)5-3-8;1-2/h2-5H,6,10H2,1H3;1-2H3. The summed E-state index contributed by atoms with van der Waals surface area (Å²) in [4.78, 5) is 10.4. The smallest absolute Gasteiger partial charge is 0.302 e. The first-order valence-corrected chi connectivity index (χ1v) is 4.66. The summed E-state index contributed by atoms with van der Waals surface area (Å²) in [5.74, 6) is -0.271. The molecule has 0 atom stereocenters. The second-order valence-corrected chi connectivity index (χ2v) is 2.52. The van der Waals surface area contributed by atoms with Gasteiger partial charge in [-0.25, -0.2) is 0 Å². The zero-order valence-corrected chi connectivity index (χ0v) is 8.91. The molecule has 0 unspecified atom stereocenters. The van der Waals surface area contributed by atoms with Crippen molar-refractivity contribution in [2.24, 2.45) is 0 Å². The summed E-state index contributed by atoms with van der Waals surface area (Å²) in [5.41, 5.74) is 7.13. The van der Waals surface area contributed by atoms with E-state index >= 15 is 0 Å². The Morgan fingerprint density at radius 3 is 2.21 bits per heavy atom. The van der Waals surface area contributed by atoms with Crippen molar-refractivity contribution in [2.75, 3.05) is 5.73 Å². The molecule has 0 aliphatic heterocycles. The predicted octanol–water partition coefficient (Wildman–Crippen LogP) is 2.36. The average molecular weight is 195 g/mol. The molecule has 1 aromatic rings. The van der Waals surface area contributed by atoms with Crippen molar-refractivity contribution in [1.82, 2.24) is 0 Å². The van der Waals surface area contributed by atoms with Crippen LogP contribution in [-0.4, -0.2) is 5.97 Å². The van der Waals surface area contributed by atoms with Crippen LogP contribution in [0.4, 0.5) is 5.69 Å². The van der Waals surface area contributed by atoms with Crippen LogP contribution in [0.2, 0.25) is 0 Å². The molecular weight excluding hydrogens is 178 g/mol. The Bertz CT molecular complexity index is 267. The summed E-state index contributed by atoms with van der Waals surface area (Å²) in [6.07, 6.45) is 0. The third-order valence-corrected chi connectivity index (χ3v) is 1.42. The highest BCUT2D eigenvalue weighted by Gasteiger charge is 1.94. The lowest BCUT2D eigenvalue weighted by atomic mass is 10.2. The number of nitrogen functional groups attached to an aromatic ring is 1. The van der Waals surface area contributed by atoms with Gasteiger partial charge in [0.05, 0.1) is 0 Å². The van der Waals surface area contributed by atoms with Crippen molar-refractivity contribution in [1.29, 1.82) is 0 Å². The lowest BCUT2D eigenvalue weighted by molar-refractivity contribution is -0.142. The number of anilines is 1. The fourth-order valence-corrected chi connectivity index (χ4v) is 0.799. The quantitative estimate of drug-likeness (QED) is 0.582. The Morgan fingerprint density at radius 2 is 1.79 bits per heavy atom. The van der Waals surface area contributed by atoms with Gasteiger partial charge in [-0.05, 0) is 17.7 Å². The SMILES string of the molecule is CC.CC(=O)OCc1ccc(N)cc1. The second-order valence-electron chi connectivity index (χ2n) is 2.52. The van der Waals surface area contributed by atoms with E-state index in [1.54, 1.807) is 12.1 Å². The van der Waals surface area contributed by atoms with Crippen molar-refractivity contribution in [3.8, 4) is 0 Å². The van der Waals surface area contributed by atoms with E-state index < -0.39 is 0 Å². The zero-order chi connectivity index (χ0) is 11.0. The Balaban J connectivity index is 0.000000791. The van der Waals surface area contributed by atoms with E-state index in [0.29, 0.717) is 12.3 Å². The normalized spacial score (nSPS) is 8.50. The van der Waals surface area contributed by atoms with E-state index in [2.05, 4.69) is 0 Å². The molecule has 0 heterocycles. The molecule has 3 heteroatoms. The number of hydrogen-bond donors (Lipinski definition) is 1. The predicted molar refractivity (Wildman–Crippen MR) is 57.7 cm³/mol. The summed E-state index contributed by atoms with van der Waals surface area (Å²) in [7, 11) is 0. The van der Waals surface area contributed by atoms with E-state index in [4.69, 9.17) is 10.5 Å². The minimum absolute atomic E-state index is 0.271. The first kappa shape index (κ1) is 12.5. The maximum absolute atomic E-state index is 10.4. The molecule has 0 saturated heterocycles. The lowest BCUT2D eigenvalue weighted by Gasteiger charge is -2.01. The minimum atomic E-state index is -0.271. The van der Waals surface area contributed by atoms with Crippen LogP contribution in [0.3, 0.4) is 0 Å². The average Bonchev–Trinajstić information content (AvgIpc) is 2.20. The second kappa shape index (κ2) is 6.95. The number of nitrogens with two attached hydrogens (primary N) is 1. The molecular formula is C11H17NO2. The number of hydrogen-bond acceptors (Lipinski definition) is 3. The number of carbonyl (C=O) groups is 1. The van der Waals surface area contributed by atoms with Crippen molar-refractivity contribution >= 4 is 11.7 Å². The van der Waals surface area contributed by atoms with Gasteiger partial charge in [0.2, 0.25) is 0 Å². The van der Waals surface area contributed by atoms with E-state index in [-0.39, 0.29) is 5.97 Å². The highest BCUT2D eigenvalue weighted by atomic mass is 16.5. The van der Waals surface area contributed by atoms with Gasteiger partial charge in [-0.2, -0.15) is 0 Å². The minimum Gasteiger partial charge on any atom is -0.461 e. The summed E-state index contributed by atoms with van der Waals surface area (Å²) in [6.45, 7) is 5.70. The molecule has 1 aromatic carbocycles. The van der Waals surface area contributed by atoms with Crippen LogP contribution in [0.5, 0.6) is 0 Å². The van der Waals surface area contributed by atoms with E-state index in [1.165, 1.54) is 6.92 Å². The van der Waals surface area contributed by atoms with Gasteiger partial charge < -0.3 is 10.5 Å². The van der Waals surface area contributed by atoms with Crippen LogP contribution >= 0.6 is 0 Å². The molecule has 0 spiro atoms. The molecule has 0 aliphatic carbocycles. The molecule has 78 valence electrons. The summed E-state index contributed by atoms with van der Waals surface area (Å²) in [5, 5.41) is 0. The third kappa shape index (κ3) is 5.19. The number of carbonyl (C=O) groups excluding carboxylic acids is 1. The molecule has 0 aromatic heterocycles. The van der Waals surface area contributed by atoms with Crippen molar-refractivity contribution in [3.05, 3.63) is 29.8 Å². The molecule has 14 heavy (non-hydrogen) atoms.